The number of carbonyl (C=O) groups is 1. The summed E-state index contributed by atoms with van der Waals surface area (Å²) in [5.41, 5.74) is -0.447. The molecule has 20 heavy (non-hydrogen) atoms. The lowest BCUT2D eigenvalue weighted by atomic mass is 10.2. The second-order valence-corrected chi connectivity index (χ2v) is 4.23. The maximum absolute atomic E-state index is 12.4. The number of hydrogen-bond acceptors (Lipinski definition) is 2. The molecule has 0 fully saturated rings. The number of halogens is 3. The lowest BCUT2D eigenvalue weighted by Crippen LogP contribution is -2.24. The predicted molar refractivity (Wildman–Crippen MR) is 67.0 cm³/mol. The van der Waals surface area contributed by atoms with Crippen LogP contribution in [0.25, 0.3) is 0 Å². The van der Waals surface area contributed by atoms with Gasteiger partial charge in [-0.25, -0.2) is 0 Å². The molecule has 0 saturated carbocycles. The van der Waals surface area contributed by atoms with Crippen LogP contribution in [0.15, 0.2) is 42.7 Å². The summed E-state index contributed by atoms with van der Waals surface area (Å²) in [7, 11) is 0. The van der Waals surface area contributed by atoms with Gasteiger partial charge in [0, 0.05) is 18.1 Å². The van der Waals surface area contributed by atoms with Crippen molar-refractivity contribution in [1.29, 1.82) is 0 Å². The average molecular weight is 283 g/mol. The first-order valence-corrected chi connectivity index (χ1v) is 5.85. The Morgan fingerprint density at radius 1 is 1.30 bits per heavy atom. The molecular weight excluding hydrogens is 271 g/mol. The van der Waals surface area contributed by atoms with Crippen molar-refractivity contribution >= 4 is 11.6 Å². The maximum Gasteiger partial charge on any atom is 0.416 e. The van der Waals surface area contributed by atoms with Gasteiger partial charge in [-0.15, -0.1) is 0 Å². The number of amides is 1. The van der Waals surface area contributed by atoms with E-state index in [2.05, 4.69) is 10.4 Å². The van der Waals surface area contributed by atoms with Gasteiger partial charge < -0.3 is 5.32 Å². The molecule has 106 valence electrons. The average Bonchev–Trinajstić information content (AvgIpc) is 2.91. The van der Waals surface area contributed by atoms with Crippen LogP contribution in [0.5, 0.6) is 0 Å². The van der Waals surface area contributed by atoms with Gasteiger partial charge in [-0.2, -0.15) is 18.3 Å². The molecule has 1 amide bonds. The minimum Gasteiger partial charge on any atom is -0.324 e. The molecule has 0 aliphatic rings. The van der Waals surface area contributed by atoms with Gasteiger partial charge in [0.2, 0.25) is 5.91 Å². The molecule has 1 atom stereocenters. The monoisotopic (exact) mass is 283 g/mol. The van der Waals surface area contributed by atoms with Crippen molar-refractivity contribution in [3.05, 3.63) is 48.3 Å². The Hall–Kier alpha value is -2.31. The molecule has 4 nitrogen and oxygen atoms in total. The number of nitrogens with zero attached hydrogens (tertiary/aromatic N) is 2. The van der Waals surface area contributed by atoms with Crippen LogP contribution in [0.3, 0.4) is 0 Å². The lowest BCUT2D eigenvalue weighted by Gasteiger charge is -2.13. The quantitative estimate of drug-likeness (QED) is 0.940. The Morgan fingerprint density at radius 2 is 1.95 bits per heavy atom. The summed E-state index contributed by atoms with van der Waals surface area (Å²) in [6.45, 7) is 1.65. The van der Waals surface area contributed by atoms with Crippen molar-refractivity contribution in [2.24, 2.45) is 0 Å². The fourth-order valence-corrected chi connectivity index (χ4v) is 1.62. The van der Waals surface area contributed by atoms with E-state index in [0.29, 0.717) is 5.69 Å². The SMILES string of the molecule is C[C@@H](C(=O)Nc1ccc(C(F)(F)F)cc1)n1cccn1. The number of carbonyl (C=O) groups excluding carboxylic acids is 1. The summed E-state index contributed by atoms with van der Waals surface area (Å²) >= 11 is 0. The molecule has 0 aliphatic heterocycles. The third-order valence-electron chi connectivity index (χ3n) is 2.78. The third-order valence-corrected chi connectivity index (χ3v) is 2.78. The standard InChI is InChI=1S/C13H12F3N3O/c1-9(19-8-2-7-17-19)12(20)18-11-5-3-10(4-6-11)13(14,15)16/h2-9H,1H3,(H,18,20)/t9-/m0/s1. The van der Waals surface area contributed by atoms with Crippen molar-refractivity contribution in [3.8, 4) is 0 Å². The van der Waals surface area contributed by atoms with E-state index in [1.165, 1.54) is 16.8 Å². The van der Waals surface area contributed by atoms with Gasteiger partial charge in [-0.1, -0.05) is 0 Å². The minimum absolute atomic E-state index is 0.307. The summed E-state index contributed by atoms with van der Waals surface area (Å²) in [5.74, 6) is -0.353. The van der Waals surface area contributed by atoms with Crippen molar-refractivity contribution < 1.29 is 18.0 Å². The van der Waals surface area contributed by atoms with E-state index < -0.39 is 17.8 Å². The van der Waals surface area contributed by atoms with E-state index in [0.717, 1.165) is 12.1 Å². The molecule has 1 N–H and O–H groups in total. The zero-order chi connectivity index (χ0) is 14.8. The van der Waals surface area contributed by atoms with Gasteiger partial charge in [0.25, 0.3) is 0 Å². The lowest BCUT2D eigenvalue weighted by molar-refractivity contribution is -0.137. The van der Waals surface area contributed by atoms with Crippen LogP contribution in [0.1, 0.15) is 18.5 Å². The summed E-state index contributed by atoms with van der Waals surface area (Å²) < 4.78 is 38.6. The summed E-state index contributed by atoms with van der Waals surface area (Å²) in [4.78, 5) is 11.9. The van der Waals surface area contributed by atoms with E-state index in [1.807, 2.05) is 0 Å². The summed E-state index contributed by atoms with van der Waals surface area (Å²) in [5, 5.41) is 6.47. The molecule has 2 aromatic rings. The first kappa shape index (κ1) is 14.1. The van der Waals surface area contributed by atoms with Crippen LogP contribution < -0.4 is 5.32 Å². The van der Waals surface area contributed by atoms with Crippen molar-refractivity contribution in [1.82, 2.24) is 9.78 Å². The van der Waals surface area contributed by atoms with Crippen molar-refractivity contribution in [3.63, 3.8) is 0 Å². The summed E-state index contributed by atoms with van der Waals surface area (Å²) in [6.07, 6.45) is -1.20. The predicted octanol–water partition coefficient (Wildman–Crippen LogP) is 3.10. The molecule has 2 rings (SSSR count). The second-order valence-electron chi connectivity index (χ2n) is 4.23. The molecule has 0 spiro atoms. The summed E-state index contributed by atoms with van der Waals surface area (Å²) in [6, 6.07) is 5.42. The maximum atomic E-state index is 12.4. The topological polar surface area (TPSA) is 46.9 Å². The number of nitrogens with one attached hydrogen (secondary N) is 1. The Morgan fingerprint density at radius 3 is 2.45 bits per heavy atom. The van der Waals surface area contributed by atoms with Crippen molar-refractivity contribution in [2.45, 2.75) is 19.1 Å². The van der Waals surface area contributed by atoms with Gasteiger partial charge in [0.05, 0.1) is 5.56 Å². The number of rotatable bonds is 3. The largest absolute Gasteiger partial charge is 0.416 e. The van der Waals surface area contributed by atoms with Crippen LogP contribution >= 0.6 is 0 Å². The molecule has 0 bridgehead atoms. The third kappa shape index (κ3) is 3.17. The molecule has 0 radical (unpaired) electrons. The van der Waals surface area contributed by atoms with Gasteiger partial charge in [0.1, 0.15) is 6.04 Å². The molecule has 1 heterocycles. The molecule has 0 unspecified atom stereocenters. The molecule has 0 saturated heterocycles. The first-order valence-electron chi connectivity index (χ1n) is 5.85. The highest BCUT2D eigenvalue weighted by molar-refractivity contribution is 5.93. The van der Waals surface area contributed by atoms with E-state index in [1.54, 1.807) is 25.4 Å². The molecule has 7 heteroatoms. The van der Waals surface area contributed by atoms with Gasteiger partial charge in [-0.3, -0.25) is 9.48 Å². The molecule has 0 aliphatic carbocycles. The van der Waals surface area contributed by atoms with Gasteiger partial charge in [-0.05, 0) is 37.3 Å². The number of benzene rings is 1. The van der Waals surface area contributed by atoms with E-state index in [4.69, 9.17) is 0 Å². The zero-order valence-corrected chi connectivity index (χ0v) is 10.6. The van der Waals surface area contributed by atoms with Crippen LogP contribution in [-0.4, -0.2) is 15.7 Å². The second kappa shape index (κ2) is 5.36. The molecular formula is C13H12F3N3O. The Labute approximate surface area is 113 Å². The number of hydrogen-bond donors (Lipinski definition) is 1. The normalized spacial score (nSPS) is 13.0. The van der Waals surface area contributed by atoms with Crippen LogP contribution in [0.4, 0.5) is 18.9 Å². The zero-order valence-electron chi connectivity index (χ0n) is 10.6. The Bertz CT molecular complexity index is 576. The van der Waals surface area contributed by atoms with E-state index >= 15 is 0 Å². The Kier molecular flexibility index (Phi) is 3.78. The smallest absolute Gasteiger partial charge is 0.324 e. The van der Waals surface area contributed by atoms with Crippen LogP contribution in [0, 0.1) is 0 Å². The Balaban J connectivity index is 2.05. The highest BCUT2D eigenvalue weighted by atomic mass is 19.4. The molecule has 1 aromatic carbocycles. The highest BCUT2D eigenvalue weighted by Crippen LogP contribution is 2.29. The van der Waals surface area contributed by atoms with E-state index in [-0.39, 0.29) is 5.91 Å². The minimum atomic E-state index is -4.38. The van der Waals surface area contributed by atoms with Crippen molar-refractivity contribution in [2.75, 3.05) is 5.32 Å². The van der Waals surface area contributed by atoms with Gasteiger partial charge in [0.15, 0.2) is 0 Å². The highest BCUT2D eigenvalue weighted by Gasteiger charge is 2.30. The number of alkyl halides is 3. The fraction of sp³-hybridized carbons (Fsp3) is 0.231. The number of aromatic nitrogens is 2. The van der Waals surface area contributed by atoms with Gasteiger partial charge >= 0.3 is 6.18 Å². The first-order chi connectivity index (χ1) is 9.38. The fourth-order valence-electron chi connectivity index (χ4n) is 1.62. The number of anilines is 1. The van der Waals surface area contributed by atoms with E-state index in [9.17, 15) is 18.0 Å². The van der Waals surface area contributed by atoms with Crippen LogP contribution in [0.2, 0.25) is 0 Å². The van der Waals surface area contributed by atoms with Crippen LogP contribution in [-0.2, 0) is 11.0 Å². The molecule has 1 aromatic heterocycles.